The number of rotatable bonds is 9. The van der Waals surface area contributed by atoms with Crippen molar-refractivity contribution in [3.8, 4) is 0 Å². The van der Waals surface area contributed by atoms with E-state index < -0.39 is 16.1 Å². The molecular weight excluding hydrogens is 410 g/mol. The number of carbonyl (C=O) groups is 1. The highest BCUT2D eigenvalue weighted by atomic mass is 35.5. The predicted molar refractivity (Wildman–Crippen MR) is 100 cm³/mol. The van der Waals surface area contributed by atoms with E-state index in [1.54, 1.807) is 17.3 Å². The molecule has 24 heavy (non-hydrogen) atoms. The number of aromatic nitrogens is 1. The zero-order chi connectivity index (χ0) is 17.6. The monoisotopic (exact) mass is 425 g/mol. The third-order valence-corrected chi connectivity index (χ3v) is 7.44. The lowest BCUT2D eigenvalue weighted by Gasteiger charge is -2.17. The summed E-state index contributed by atoms with van der Waals surface area (Å²) in [7, 11) is -3.79. The predicted octanol–water partition coefficient (Wildman–Crippen LogP) is 2.57. The Hall–Kier alpha value is -0.650. The van der Waals surface area contributed by atoms with Crippen LogP contribution in [0.3, 0.4) is 0 Å². The molecule has 1 atom stereocenters. The molecule has 0 bridgehead atoms. The maximum Gasteiger partial charge on any atom is 0.250 e. The Morgan fingerprint density at radius 3 is 2.83 bits per heavy atom. The summed E-state index contributed by atoms with van der Waals surface area (Å²) >= 11 is 9.73. The van der Waals surface area contributed by atoms with Gasteiger partial charge in [-0.15, -0.1) is 22.7 Å². The second-order valence-corrected chi connectivity index (χ2v) is 10.1. The van der Waals surface area contributed by atoms with Crippen molar-refractivity contribution < 1.29 is 13.2 Å². The van der Waals surface area contributed by atoms with Crippen molar-refractivity contribution in [2.75, 3.05) is 12.0 Å². The molecule has 0 aromatic carbocycles. The molecule has 2 aromatic rings. The van der Waals surface area contributed by atoms with Gasteiger partial charge in [0.25, 0.3) is 10.0 Å². The molecule has 2 rings (SSSR count). The van der Waals surface area contributed by atoms with Crippen molar-refractivity contribution in [2.45, 2.75) is 23.2 Å². The maximum atomic E-state index is 12.4. The molecule has 0 unspecified atom stereocenters. The fourth-order valence-corrected chi connectivity index (χ4v) is 5.55. The molecule has 0 fully saturated rings. The minimum absolute atomic E-state index is 0.0916. The molecular formula is C13H16ClN3O3S4. The summed E-state index contributed by atoms with van der Waals surface area (Å²) < 4.78 is 27.7. The van der Waals surface area contributed by atoms with Crippen LogP contribution >= 0.6 is 46.0 Å². The van der Waals surface area contributed by atoms with E-state index in [-0.39, 0.29) is 16.7 Å². The summed E-state index contributed by atoms with van der Waals surface area (Å²) in [5, 5.41) is 4.55. The molecule has 0 radical (unpaired) electrons. The van der Waals surface area contributed by atoms with Crippen LogP contribution in [0, 0.1) is 0 Å². The molecule has 132 valence electrons. The Bertz CT molecular complexity index is 761. The second kappa shape index (κ2) is 9.16. The smallest absolute Gasteiger partial charge is 0.250 e. The number of thiophene rings is 1. The van der Waals surface area contributed by atoms with Crippen molar-refractivity contribution in [1.29, 1.82) is 0 Å². The summed E-state index contributed by atoms with van der Waals surface area (Å²) in [6.07, 6.45) is 2.29. The van der Waals surface area contributed by atoms with Gasteiger partial charge in [-0.2, -0.15) is 16.5 Å². The van der Waals surface area contributed by atoms with Crippen LogP contribution in [0.4, 0.5) is 0 Å². The van der Waals surface area contributed by atoms with Crippen molar-refractivity contribution in [2.24, 2.45) is 0 Å². The number of sulfonamides is 1. The first-order valence-electron chi connectivity index (χ1n) is 6.84. The van der Waals surface area contributed by atoms with Crippen LogP contribution in [-0.4, -0.2) is 37.4 Å². The first kappa shape index (κ1) is 19.7. The lowest BCUT2D eigenvalue weighted by Crippen LogP contribution is -2.46. The topological polar surface area (TPSA) is 88.2 Å². The lowest BCUT2D eigenvalue weighted by molar-refractivity contribution is -0.122. The number of thioether (sulfide) groups is 1. The van der Waals surface area contributed by atoms with E-state index in [0.717, 1.165) is 17.0 Å². The van der Waals surface area contributed by atoms with Crippen LogP contribution < -0.4 is 10.0 Å². The molecule has 2 aromatic heterocycles. The quantitative estimate of drug-likeness (QED) is 0.644. The highest BCUT2D eigenvalue weighted by molar-refractivity contribution is 7.98. The molecule has 11 heteroatoms. The largest absolute Gasteiger partial charge is 0.349 e. The van der Waals surface area contributed by atoms with Crippen molar-refractivity contribution in [3.05, 3.63) is 33.1 Å². The third-order valence-electron chi connectivity index (χ3n) is 2.97. The number of thiazole rings is 1. The van der Waals surface area contributed by atoms with Gasteiger partial charge in [0.1, 0.15) is 10.3 Å². The number of hydrogen-bond acceptors (Lipinski definition) is 7. The molecule has 0 spiro atoms. The average Bonchev–Trinajstić information content (AvgIpc) is 3.20. The average molecular weight is 426 g/mol. The van der Waals surface area contributed by atoms with Gasteiger partial charge < -0.3 is 5.32 Å². The SMILES string of the molecule is CSCC[C@H](NS(=O)(=O)c1ccc(Cl)s1)C(=O)NCc1cscn1. The van der Waals surface area contributed by atoms with Crippen LogP contribution in [-0.2, 0) is 21.4 Å². The van der Waals surface area contributed by atoms with E-state index >= 15 is 0 Å². The van der Waals surface area contributed by atoms with Gasteiger partial charge in [0.05, 0.1) is 22.1 Å². The van der Waals surface area contributed by atoms with E-state index in [1.807, 2.05) is 11.6 Å². The minimum Gasteiger partial charge on any atom is -0.349 e. The Labute approximate surface area is 158 Å². The first-order valence-corrected chi connectivity index (χ1v) is 11.8. The normalized spacial score (nSPS) is 12.9. The van der Waals surface area contributed by atoms with Gasteiger partial charge in [0, 0.05) is 5.38 Å². The number of carbonyl (C=O) groups excluding carboxylic acids is 1. The summed E-state index contributed by atoms with van der Waals surface area (Å²) in [6.45, 7) is 0.269. The van der Waals surface area contributed by atoms with E-state index in [9.17, 15) is 13.2 Å². The second-order valence-electron chi connectivity index (χ2n) is 4.71. The van der Waals surface area contributed by atoms with Gasteiger partial charge in [-0.1, -0.05) is 11.6 Å². The Morgan fingerprint density at radius 2 is 2.25 bits per heavy atom. The third kappa shape index (κ3) is 5.71. The lowest BCUT2D eigenvalue weighted by atomic mass is 10.2. The minimum atomic E-state index is -3.79. The van der Waals surface area contributed by atoms with Crippen LogP contribution in [0.2, 0.25) is 4.34 Å². The highest BCUT2D eigenvalue weighted by Gasteiger charge is 2.26. The summed E-state index contributed by atoms with van der Waals surface area (Å²) in [5.41, 5.74) is 2.42. The van der Waals surface area contributed by atoms with Crippen LogP contribution in [0.25, 0.3) is 0 Å². The Balaban J connectivity index is 2.05. The molecule has 0 aliphatic carbocycles. The van der Waals surface area contributed by atoms with Gasteiger partial charge in [0.2, 0.25) is 5.91 Å². The number of halogens is 1. The summed E-state index contributed by atoms with van der Waals surface area (Å²) in [4.78, 5) is 16.4. The summed E-state index contributed by atoms with van der Waals surface area (Å²) in [5.74, 6) is 0.283. The maximum absolute atomic E-state index is 12.4. The van der Waals surface area contributed by atoms with E-state index in [1.165, 1.54) is 23.5 Å². The molecule has 0 saturated carbocycles. The van der Waals surface area contributed by atoms with Crippen molar-refractivity contribution in [3.63, 3.8) is 0 Å². The van der Waals surface area contributed by atoms with Gasteiger partial charge in [-0.25, -0.2) is 13.4 Å². The standard InChI is InChI=1S/C13H16ClN3O3S4/c1-21-5-4-10(13(18)15-6-9-7-22-8-16-9)17-24(19,20)12-3-2-11(14)23-12/h2-3,7-8,10,17H,4-6H2,1H3,(H,15,18)/t10-/m0/s1. The zero-order valence-electron chi connectivity index (χ0n) is 12.7. The van der Waals surface area contributed by atoms with Crippen LogP contribution in [0.5, 0.6) is 0 Å². The van der Waals surface area contributed by atoms with E-state index in [4.69, 9.17) is 11.6 Å². The van der Waals surface area contributed by atoms with Crippen molar-refractivity contribution >= 4 is 62.0 Å². The van der Waals surface area contributed by atoms with Crippen molar-refractivity contribution in [1.82, 2.24) is 15.0 Å². The fourth-order valence-electron chi connectivity index (χ4n) is 1.79. The number of amides is 1. The van der Waals surface area contributed by atoms with E-state index in [0.29, 0.717) is 16.5 Å². The molecule has 2 heterocycles. The van der Waals surface area contributed by atoms with Gasteiger partial charge in [-0.05, 0) is 30.6 Å². The zero-order valence-corrected chi connectivity index (χ0v) is 16.7. The summed E-state index contributed by atoms with van der Waals surface area (Å²) in [6, 6.07) is 2.09. The number of hydrogen-bond donors (Lipinski definition) is 2. The van der Waals surface area contributed by atoms with Gasteiger partial charge >= 0.3 is 0 Å². The molecule has 2 N–H and O–H groups in total. The Kier molecular flexibility index (Phi) is 7.51. The number of nitrogens with one attached hydrogen (secondary N) is 2. The molecule has 0 aliphatic rings. The highest BCUT2D eigenvalue weighted by Crippen LogP contribution is 2.25. The van der Waals surface area contributed by atoms with E-state index in [2.05, 4.69) is 15.0 Å². The Morgan fingerprint density at radius 1 is 1.46 bits per heavy atom. The van der Waals surface area contributed by atoms with Crippen LogP contribution in [0.1, 0.15) is 12.1 Å². The van der Waals surface area contributed by atoms with Crippen LogP contribution in [0.15, 0.2) is 27.2 Å². The molecule has 0 aliphatic heterocycles. The number of nitrogens with zero attached hydrogens (tertiary/aromatic N) is 1. The molecule has 0 saturated heterocycles. The van der Waals surface area contributed by atoms with Gasteiger partial charge in [-0.3, -0.25) is 4.79 Å². The first-order chi connectivity index (χ1) is 11.4. The fraction of sp³-hybridized carbons (Fsp3) is 0.385. The van der Waals surface area contributed by atoms with Gasteiger partial charge in [0.15, 0.2) is 0 Å². The molecule has 1 amide bonds. The molecule has 6 nitrogen and oxygen atoms in total.